The molecule has 0 aliphatic carbocycles. The highest BCUT2D eigenvalue weighted by atomic mass is 15.3. The molecule has 0 aliphatic rings. The van der Waals surface area contributed by atoms with Gasteiger partial charge in [-0.05, 0) is 25.7 Å². The standard InChI is InChI=1S/C12H24N4/c1-9(2)16-11(14-8-15-16)7-6-10(13)12(3,4)5/h8-10H,6-7,13H2,1-5H3. The first-order valence-corrected chi connectivity index (χ1v) is 5.96. The van der Waals surface area contributed by atoms with E-state index in [0.717, 1.165) is 18.7 Å². The lowest BCUT2D eigenvalue weighted by Crippen LogP contribution is -2.35. The van der Waals surface area contributed by atoms with E-state index in [2.05, 4.69) is 44.7 Å². The average molecular weight is 224 g/mol. The Balaban J connectivity index is 2.58. The molecule has 1 atom stereocenters. The van der Waals surface area contributed by atoms with E-state index in [9.17, 15) is 0 Å². The van der Waals surface area contributed by atoms with Crippen molar-refractivity contribution >= 4 is 0 Å². The summed E-state index contributed by atoms with van der Waals surface area (Å²) in [6.45, 7) is 10.7. The molecule has 1 unspecified atom stereocenters. The van der Waals surface area contributed by atoms with Gasteiger partial charge >= 0.3 is 0 Å². The van der Waals surface area contributed by atoms with Crippen LogP contribution in [0.2, 0.25) is 0 Å². The van der Waals surface area contributed by atoms with Crippen molar-refractivity contribution < 1.29 is 0 Å². The Morgan fingerprint density at radius 3 is 2.50 bits per heavy atom. The van der Waals surface area contributed by atoms with E-state index in [4.69, 9.17) is 5.73 Å². The Labute approximate surface area is 98.2 Å². The first-order chi connectivity index (χ1) is 7.32. The largest absolute Gasteiger partial charge is 0.327 e. The number of hydrogen-bond donors (Lipinski definition) is 1. The van der Waals surface area contributed by atoms with Crippen molar-refractivity contribution in [3.8, 4) is 0 Å². The molecular formula is C12H24N4. The maximum atomic E-state index is 6.14. The van der Waals surface area contributed by atoms with Crippen molar-refractivity contribution in [3.63, 3.8) is 0 Å². The lowest BCUT2D eigenvalue weighted by atomic mass is 9.85. The van der Waals surface area contributed by atoms with Crippen LogP contribution in [0.3, 0.4) is 0 Å². The van der Waals surface area contributed by atoms with E-state index >= 15 is 0 Å². The van der Waals surface area contributed by atoms with Crippen LogP contribution in [-0.2, 0) is 6.42 Å². The van der Waals surface area contributed by atoms with Crippen molar-refractivity contribution in [2.75, 3.05) is 0 Å². The second-order valence-electron chi connectivity index (χ2n) is 5.73. The third-order valence-corrected chi connectivity index (χ3v) is 2.93. The predicted molar refractivity (Wildman–Crippen MR) is 66.2 cm³/mol. The van der Waals surface area contributed by atoms with Crippen LogP contribution in [0.5, 0.6) is 0 Å². The zero-order chi connectivity index (χ0) is 12.3. The Morgan fingerprint density at radius 2 is 2.00 bits per heavy atom. The molecule has 4 heteroatoms. The summed E-state index contributed by atoms with van der Waals surface area (Å²) in [4.78, 5) is 4.29. The summed E-state index contributed by atoms with van der Waals surface area (Å²) in [7, 11) is 0. The Kier molecular flexibility index (Phi) is 4.08. The topological polar surface area (TPSA) is 56.7 Å². The minimum absolute atomic E-state index is 0.155. The highest BCUT2D eigenvalue weighted by Crippen LogP contribution is 2.21. The van der Waals surface area contributed by atoms with Crippen LogP contribution in [0, 0.1) is 5.41 Å². The maximum Gasteiger partial charge on any atom is 0.138 e. The average Bonchev–Trinajstić information content (AvgIpc) is 2.60. The smallest absolute Gasteiger partial charge is 0.138 e. The molecular weight excluding hydrogens is 200 g/mol. The summed E-state index contributed by atoms with van der Waals surface area (Å²) in [6.07, 6.45) is 3.48. The number of nitrogens with zero attached hydrogens (tertiary/aromatic N) is 3. The minimum atomic E-state index is 0.155. The molecule has 1 rings (SSSR count). The van der Waals surface area contributed by atoms with E-state index in [1.54, 1.807) is 6.33 Å². The molecule has 0 spiro atoms. The molecule has 0 fully saturated rings. The molecule has 0 amide bonds. The lowest BCUT2D eigenvalue weighted by molar-refractivity contribution is 0.302. The van der Waals surface area contributed by atoms with Gasteiger partial charge in [-0.1, -0.05) is 20.8 Å². The number of rotatable bonds is 4. The van der Waals surface area contributed by atoms with Crippen molar-refractivity contribution in [1.82, 2.24) is 14.8 Å². The fourth-order valence-electron chi connectivity index (χ4n) is 1.60. The maximum absolute atomic E-state index is 6.14. The number of aryl methyl sites for hydroxylation is 1. The fourth-order valence-corrected chi connectivity index (χ4v) is 1.60. The molecule has 1 aromatic rings. The molecule has 16 heavy (non-hydrogen) atoms. The van der Waals surface area contributed by atoms with Crippen LogP contribution < -0.4 is 5.73 Å². The third kappa shape index (κ3) is 3.30. The second kappa shape index (κ2) is 4.95. The Hall–Kier alpha value is -0.900. The van der Waals surface area contributed by atoms with Crippen LogP contribution in [0.15, 0.2) is 6.33 Å². The molecule has 0 aromatic carbocycles. The van der Waals surface area contributed by atoms with Gasteiger partial charge in [-0.2, -0.15) is 5.10 Å². The van der Waals surface area contributed by atoms with Crippen molar-refractivity contribution in [2.24, 2.45) is 11.1 Å². The molecule has 92 valence electrons. The van der Waals surface area contributed by atoms with Gasteiger partial charge in [0.25, 0.3) is 0 Å². The molecule has 1 aromatic heterocycles. The first-order valence-electron chi connectivity index (χ1n) is 5.96. The van der Waals surface area contributed by atoms with E-state index in [-0.39, 0.29) is 11.5 Å². The zero-order valence-electron chi connectivity index (χ0n) is 11.1. The van der Waals surface area contributed by atoms with Crippen molar-refractivity contribution in [1.29, 1.82) is 0 Å². The summed E-state index contributed by atoms with van der Waals surface area (Å²) < 4.78 is 1.97. The van der Waals surface area contributed by atoms with Crippen LogP contribution in [0.25, 0.3) is 0 Å². The minimum Gasteiger partial charge on any atom is -0.327 e. The predicted octanol–water partition coefficient (Wildman–Crippen LogP) is 2.17. The van der Waals surface area contributed by atoms with Gasteiger partial charge in [-0.25, -0.2) is 9.67 Å². The lowest BCUT2D eigenvalue weighted by Gasteiger charge is -2.26. The summed E-state index contributed by atoms with van der Waals surface area (Å²) in [5.74, 6) is 1.04. The molecule has 0 saturated carbocycles. The van der Waals surface area contributed by atoms with Gasteiger partial charge in [0.05, 0.1) is 0 Å². The molecule has 1 heterocycles. The third-order valence-electron chi connectivity index (χ3n) is 2.93. The van der Waals surface area contributed by atoms with Gasteiger partial charge < -0.3 is 5.73 Å². The van der Waals surface area contributed by atoms with E-state index in [1.165, 1.54) is 0 Å². The normalized spacial score (nSPS) is 14.4. The summed E-state index contributed by atoms with van der Waals surface area (Å²) >= 11 is 0. The Bertz CT molecular complexity index is 322. The number of hydrogen-bond acceptors (Lipinski definition) is 3. The van der Waals surface area contributed by atoms with Crippen molar-refractivity contribution in [3.05, 3.63) is 12.2 Å². The number of aromatic nitrogens is 3. The van der Waals surface area contributed by atoms with Crippen LogP contribution in [0.1, 0.15) is 52.9 Å². The highest BCUT2D eigenvalue weighted by molar-refractivity contribution is 4.89. The van der Waals surface area contributed by atoms with Gasteiger partial charge in [0, 0.05) is 18.5 Å². The number of nitrogens with two attached hydrogens (primary N) is 1. The van der Waals surface area contributed by atoms with Gasteiger partial charge in [0.2, 0.25) is 0 Å². The van der Waals surface area contributed by atoms with E-state index in [1.807, 2.05) is 4.68 Å². The molecule has 0 bridgehead atoms. The van der Waals surface area contributed by atoms with Gasteiger partial charge in [-0.15, -0.1) is 0 Å². The van der Waals surface area contributed by atoms with Gasteiger partial charge in [0.15, 0.2) is 0 Å². The molecule has 2 N–H and O–H groups in total. The summed E-state index contributed by atoms with van der Waals surface area (Å²) in [6, 6.07) is 0.563. The first kappa shape index (κ1) is 13.2. The van der Waals surface area contributed by atoms with Crippen LogP contribution in [0.4, 0.5) is 0 Å². The molecule has 0 aliphatic heterocycles. The zero-order valence-corrected chi connectivity index (χ0v) is 11.1. The SMILES string of the molecule is CC(C)n1ncnc1CCC(N)C(C)(C)C. The second-order valence-corrected chi connectivity index (χ2v) is 5.73. The van der Waals surface area contributed by atoms with E-state index in [0.29, 0.717) is 6.04 Å². The fraction of sp³-hybridized carbons (Fsp3) is 0.833. The molecule has 0 saturated heterocycles. The monoisotopic (exact) mass is 224 g/mol. The van der Waals surface area contributed by atoms with Crippen LogP contribution >= 0.6 is 0 Å². The van der Waals surface area contributed by atoms with Gasteiger partial charge in [0.1, 0.15) is 12.2 Å². The van der Waals surface area contributed by atoms with E-state index < -0.39 is 0 Å². The van der Waals surface area contributed by atoms with Gasteiger partial charge in [-0.3, -0.25) is 0 Å². The quantitative estimate of drug-likeness (QED) is 0.852. The highest BCUT2D eigenvalue weighted by Gasteiger charge is 2.21. The molecule has 4 nitrogen and oxygen atoms in total. The van der Waals surface area contributed by atoms with Crippen LogP contribution in [-0.4, -0.2) is 20.8 Å². The van der Waals surface area contributed by atoms with Crippen molar-refractivity contribution in [2.45, 2.75) is 59.5 Å². The summed E-state index contributed by atoms with van der Waals surface area (Å²) in [5.41, 5.74) is 6.29. The summed E-state index contributed by atoms with van der Waals surface area (Å²) in [5, 5.41) is 4.22. The molecule has 0 radical (unpaired) electrons. The Morgan fingerprint density at radius 1 is 1.38 bits per heavy atom.